The zero-order chi connectivity index (χ0) is 22.4. The maximum Gasteiger partial charge on any atom is 0.326 e. The number of hydrogen-bond acceptors (Lipinski definition) is 6. The summed E-state index contributed by atoms with van der Waals surface area (Å²) in [4.78, 5) is 42.6. The number of aromatic amines is 1. The van der Waals surface area contributed by atoms with Crippen LogP contribution in [-0.2, 0) is 24.1 Å². The van der Waals surface area contributed by atoms with E-state index in [1.807, 2.05) is 12.1 Å². The summed E-state index contributed by atoms with van der Waals surface area (Å²) in [5, 5.41) is 11.8. The number of nitrogen functional groups attached to an aromatic ring is 1. The number of rotatable bonds is 9. The van der Waals surface area contributed by atoms with Crippen LogP contribution in [0.5, 0.6) is 0 Å². The Morgan fingerprint density at radius 3 is 2.71 bits per heavy atom. The molecule has 0 aliphatic heterocycles. The molecule has 1 aromatic heterocycles. The maximum atomic E-state index is 12.4. The van der Waals surface area contributed by atoms with Gasteiger partial charge in [-0.15, -0.1) is 0 Å². The third kappa shape index (κ3) is 5.91. The number of carboxylic acids is 1. The van der Waals surface area contributed by atoms with Crippen LogP contribution in [0, 0.1) is 5.92 Å². The second kappa shape index (κ2) is 10.2. The minimum absolute atomic E-state index is 0.145. The van der Waals surface area contributed by atoms with Crippen LogP contribution in [0.15, 0.2) is 29.1 Å². The van der Waals surface area contributed by atoms with Gasteiger partial charge in [0, 0.05) is 11.1 Å². The Balaban J connectivity index is 1.54. The molecule has 9 heteroatoms. The second-order valence-electron chi connectivity index (χ2n) is 8.02. The molecule has 1 aliphatic rings. The van der Waals surface area contributed by atoms with Crippen LogP contribution >= 0.6 is 0 Å². The van der Waals surface area contributed by atoms with Crippen molar-refractivity contribution in [2.75, 3.05) is 12.3 Å². The zero-order valence-corrected chi connectivity index (χ0v) is 17.4. The molecule has 0 spiro atoms. The molecule has 0 saturated heterocycles. The first kappa shape index (κ1) is 22.5. The molecule has 9 nitrogen and oxygen atoms in total. The highest BCUT2D eigenvalue weighted by Crippen LogP contribution is 2.26. The molecule has 0 bridgehead atoms. The topological polar surface area (TPSA) is 164 Å². The lowest BCUT2D eigenvalue weighted by molar-refractivity contribution is -0.139. The van der Waals surface area contributed by atoms with Crippen molar-refractivity contribution in [2.24, 2.45) is 11.7 Å². The number of carbonyl (C=O) groups excluding carboxylic acids is 1. The van der Waals surface area contributed by atoms with Gasteiger partial charge in [-0.3, -0.25) is 14.6 Å². The largest absolute Gasteiger partial charge is 0.480 e. The number of carboxylic acid groups (broad SMARTS) is 1. The third-order valence-corrected chi connectivity index (χ3v) is 5.76. The molecule has 0 radical (unpaired) electrons. The summed E-state index contributed by atoms with van der Waals surface area (Å²) in [6, 6.07) is 6.24. The molecule has 31 heavy (non-hydrogen) atoms. The van der Waals surface area contributed by atoms with E-state index >= 15 is 0 Å². The Labute approximate surface area is 180 Å². The monoisotopic (exact) mass is 427 g/mol. The Morgan fingerprint density at radius 1 is 1.29 bits per heavy atom. The predicted molar refractivity (Wildman–Crippen MR) is 117 cm³/mol. The van der Waals surface area contributed by atoms with Crippen molar-refractivity contribution in [3.63, 3.8) is 0 Å². The van der Waals surface area contributed by atoms with Crippen LogP contribution in [0.25, 0.3) is 0 Å². The van der Waals surface area contributed by atoms with Crippen LogP contribution in [0.3, 0.4) is 0 Å². The van der Waals surface area contributed by atoms with Crippen molar-refractivity contribution in [1.29, 1.82) is 0 Å². The number of carbonyl (C=O) groups is 2. The van der Waals surface area contributed by atoms with Crippen LogP contribution < -0.4 is 22.3 Å². The highest BCUT2D eigenvalue weighted by Gasteiger charge is 2.23. The number of nitrogens with zero attached hydrogens (tertiary/aromatic N) is 1. The van der Waals surface area contributed by atoms with Gasteiger partial charge in [0.05, 0.1) is 5.69 Å². The van der Waals surface area contributed by atoms with Gasteiger partial charge in [-0.25, -0.2) is 9.78 Å². The van der Waals surface area contributed by atoms with Crippen LogP contribution in [0.4, 0.5) is 5.95 Å². The van der Waals surface area contributed by atoms with E-state index in [2.05, 4.69) is 15.3 Å². The number of anilines is 1. The van der Waals surface area contributed by atoms with Crippen LogP contribution in [0.1, 0.15) is 52.9 Å². The molecule has 3 rings (SSSR count). The number of nitrogens with one attached hydrogen (secondary N) is 2. The Bertz CT molecular complexity index is 986. The molecule has 0 saturated carbocycles. The minimum Gasteiger partial charge on any atom is -0.480 e. The number of hydrogen-bond donors (Lipinski definition) is 5. The second-order valence-corrected chi connectivity index (χ2v) is 8.02. The Kier molecular flexibility index (Phi) is 7.41. The first-order valence-corrected chi connectivity index (χ1v) is 10.6. The number of benzene rings is 1. The molecule has 2 aromatic rings. The lowest BCUT2D eigenvalue weighted by Gasteiger charge is -2.23. The van der Waals surface area contributed by atoms with E-state index in [-0.39, 0.29) is 11.5 Å². The summed E-state index contributed by atoms with van der Waals surface area (Å²) in [6.07, 6.45) is 4.98. The molecule has 1 aliphatic carbocycles. The SMILES string of the molecule is NCCC[C@H](NC(=O)c1ccc(CCC2CCc3nc(N)[nH]c(=O)c3C2)cc1)C(=O)O. The van der Waals surface area contributed by atoms with E-state index in [9.17, 15) is 19.5 Å². The van der Waals surface area contributed by atoms with Crippen molar-refractivity contribution in [3.8, 4) is 0 Å². The summed E-state index contributed by atoms with van der Waals surface area (Å²) >= 11 is 0. The molecule has 0 fully saturated rings. The van der Waals surface area contributed by atoms with E-state index < -0.39 is 17.9 Å². The van der Waals surface area contributed by atoms with Crippen molar-refractivity contribution >= 4 is 17.8 Å². The average Bonchev–Trinajstić information content (AvgIpc) is 2.75. The average molecular weight is 428 g/mol. The maximum absolute atomic E-state index is 12.4. The molecule has 7 N–H and O–H groups in total. The highest BCUT2D eigenvalue weighted by atomic mass is 16.4. The number of amides is 1. The van der Waals surface area contributed by atoms with Gasteiger partial charge in [0.15, 0.2) is 0 Å². The predicted octanol–water partition coefficient (Wildman–Crippen LogP) is 1.01. The van der Waals surface area contributed by atoms with Gasteiger partial charge in [-0.1, -0.05) is 12.1 Å². The quantitative estimate of drug-likeness (QED) is 0.398. The van der Waals surface area contributed by atoms with Gasteiger partial charge < -0.3 is 21.9 Å². The standard InChI is InChI=1S/C22H29N5O4/c23-11-1-2-18(21(30)31)25-19(28)15-8-5-13(6-9-15)3-4-14-7-10-17-16(12-14)20(29)27-22(24)26-17/h5-6,8-9,14,18H,1-4,7,10-12,23H2,(H,25,28)(H,30,31)(H3,24,26,27,29)/t14?,18-/m0/s1. The Hall–Kier alpha value is -3.20. The number of aryl methyl sites for hydroxylation is 2. The van der Waals surface area contributed by atoms with Gasteiger partial charge in [0.2, 0.25) is 5.95 Å². The van der Waals surface area contributed by atoms with E-state index in [4.69, 9.17) is 11.5 Å². The van der Waals surface area contributed by atoms with Gasteiger partial charge >= 0.3 is 5.97 Å². The molecular weight excluding hydrogens is 398 g/mol. The fourth-order valence-electron chi connectivity index (χ4n) is 3.97. The number of fused-ring (bicyclic) bond motifs is 1. The fraction of sp³-hybridized carbons (Fsp3) is 0.455. The molecule has 1 aromatic carbocycles. The minimum atomic E-state index is -1.07. The molecular formula is C22H29N5O4. The lowest BCUT2D eigenvalue weighted by Crippen LogP contribution is -2.41. The lowest BCUT2D eigenvalue weighted by atomic mass is 9.83. The van der Waals surface area contributed by atoms with Crippen molar-refractivity contribution in [2.45, 2.75) is 51.0 Å². The van der Waals surface area contributed by atoms with Gasteiger partial charge in [-0.2, -0.15) is 0 Å². The smallest absolute Gasteiger partial charge is 0.326 e. The molecule has 1 unspecified atom stereocenters. The van der Waals surface area contributed by atoms with E-state index in [0.29, 0.717) is 37.3 Å². The fourth-order valence-corrected chi connectivity index (χ4v) is 3.97. The van der Waals surface area contributed by atoms with Crippen molar-refractivity contribution < 1.29 is 14.7 Å². The zero-order valence-electron chi connectivity index (χ0n) is 17.4. The number of aliphatic carboxylic acids is 1. The first-order chi connectivity index (χ1) is 14.9. The van der Waals surface area contributed by atoms with Crippen molar-refractivity contribution in [3.05, 3.63) is 57.0 Å². The molecule has 166 valence electrons. The normalized spacial score (nSPS) is 16.4. The third-order valence-electron chi connectivity index (χ3n) is 5.76. The summed E-state index contributed by atoms with van der Waals surface area (Å²) in [5.74, 6) is -0.920. The molecule has 1 heterocycles. The first-order valence-electron chi connectivity index (χ1n) is 10.6. The number of nitrogens with two attached hydrogens (primary N) is 2. The van der Waals surface area contributed by atoms with Gasteiger partial charge in [0.1, 0.15) is 6.04 Å². The number of aromatic nitrogens is 2. The van der Waals surface area contributed by atoms with E-state index in [1.165, 1.54) is 0 Å². The van der Waals surface area contributed by atoms with Crippen LogP contribution in [0.2, 0.25) is 0 Å². The molecule has 2 atom stereocenters. The number of H-pyrrole nitrogens is 1. The van der Waals surface area contributed by atoms with Gasteiger partial charge in [-0.05, 0) is 75.1 Å². The summed E-state index contributed by atoms with van der Waals surface area (Å²) < 4.78 is 0. The summed E-state index contributed by atoms with van der Waals surface area (Å²) in [6.45, 7) is 0.375. The van der Waals surface area contributed by atoms with E-state index in [1.54, 1.807) is 12.1 Å². The van der Waals surface area contributed by atoms with Crippen LogP contribution in [-0.4, -0.2) is 39.5 Å². The highest BCUT2D eigenvalue weighted by molar-refractivity contribution is 5.96. The van der Waals surface area contributed by atoms with Gasteiger partial charge in [0.25, 0.3) is 11.5 Å². The van der Waals surface area contributed by atoms with E-state index in [0.717, 1.165) is 42.5 Å². The summed E-state index contributed by atoms with van der Waals surface area (Å²) in [7, 11) is 0. The summed E-state index contributed by atoms with van der Waals surface area (Å²) in [5.41, 5.74) is 13.9. The van der Waals surface area contributed by atoms with Crippen molar-refractivity contribution in [1.82, 2.24) is 15.3 Å². The molecule has 1 amide bonds. The Morgan fingerprint density at radius 2 is 2.03 bits per heavy atom.